The maximum atomic E-state index is 4.36. The minimum atomic E-state index is 0.364. The molecule has 1 unspecified atom stereocenters. The largest absolute Gasteiger partial charge is 0.351 e. The second kappa shape index (κ2) is 4.00. The van der Waals surface area contributed by atoms with Crippen LogP contribution in [0.25, 0.3) is 0 Å². The SMILES string of the molecule is c1nc(C2CCCCN2c2c[nH]cn2)c[nH]1. The number of rotatable bonds is 2. The summed E-state index contributed by atoms with van der Waals surface area (Å²) in [5.41, 5.74) is 1.11. The van der Waals surface area contributed by atoms with Crippen LogP contribution in [0.4, 0.5) is 5.82 Å². The number of aromatic amines is 2. The molecule has 5 nitrogen and oxygen atoms in total. The van der Waals surface area contributed by atoms with Crippen LogP contribution in [0.15, 0.2) is 25.0 Å². The van der Waals surface area contributed by atoms with Crippen molar-refractivity contribution in [2.45, 2.75) is 25.3 Å². The molecule has 1 saturated heterocycles. The highest BCUT2D eigenvalue weighted by Gasteiger charge is 2.26. The molecule has 1 aliphatic heterocycles. The van der Waals surface area contributed by atoms with E-state index in [1.165, 1.54) is 12.8 Å². The molecule has 3 heterocycles. The standard InChI is InChI=1S/C11H15N5/c1-2-4-16(11-6-13-8-15-11)10(3-1)9-5-12-7-14-9/h5-8,10H,1-4H2,(H,12,14)(H,13,15). The Labute approximate surface area is 93.9 Å². The van der Waals surface area contributed by atoms with Gasteiger partial charge in [-0.25, -0.2) is 9.97 Å². The molecule has 1 aliphatic rings. The summed E-state index contributed by atoms with van der Waals surface area (Å²) >= 11 is 0. The summed E-state index contributed by atoms with van der Waals surface area (Å²) in [5.74, 6) is 1.02. The zero-order valence-electron chi connectivity index (χ0n) is 9.06. The fourth-order valence-electron chi connectivity index (χ4n) is 2.38. The van der Waals surface area contributed by atoms with Gasteiger partial charge in [0.2, 0.25) is 0 Å². The van der Waals surface area contributed by atoms with Crippen LogP contribution in [0.5, 0.6) is 0 Å². The van der Waals surface area contributed by atoms with Crippen LogP contribution in [-0.4, -0.2) is 26.5 Å². The summed E-state index contributed by atoms with van der Waals surface area (Å²) in [4.78, 5) is 17.1. The number of hydrogen-bond acceptors (Lipinski definition) is 3. The molecule has 0 radical (unpaired) electrons. The highest BCUT2D eigenvalue weighted by molar-refractivity contribution is 5.39. The average Bonchev–Trinajstić information content (AvgIpc) is 3.03. The molecular weight excluding hydrogens is 202 g/mol. The number of imidazole rings is 2. The smallest absolute Gasteiger partial charge is 0.147 e. The Hall–Kier alpha value is -1.78. The van der Waals surface area contributed by atoms with E-state index in [1.807, 2.05) is 12.4 Å². The molecule has 2 N–H and O–H groups in total. The van der Waals surface area contributed by atoms with Crippen molar-refractivity contribution in [1.29, 1.82) is 0 Å². The summed E-state index contributed by atoms with van der Waals surface area (Å²) < 4.78 is 0. The number of nitrogens with one attached hydrogen (secondary N) is 2. The molecule has 5 heteroatoms. The maximum Gasteiger partial charge on any atom is 0.147 e. The summed E-state index contributed by atoms with van der Waals surface area (Å²) in [5, 5.41) is 0. The van der Waals surface area contributed by atoms with Crippen LogP contribution in [0.1, 0.15) is 31.0 Å². The monoisotopic (exact) mass is 217 g/mol. The van der Waals surface area contributed by atoms with Crippen molar-refractivity contribution in [3.63, 3.8) is 0 Å². The van der Waals surface area contributed by atoms with Crippen LogP contribution in [0.2, 0.25) is 0 Å². The van der Waals surface area contributed by atoms with Gasteiger partial charge in [-0.15, -0.1) is 0 Å². The lowest BCUT2D eigenvalue weighted by atomic mass is 10.00. The van der Waals surface area contributed by atoms with Crippen LogP contribution < -0.4 is 4.90 Å². The van der Waals surface area contributed by atoms with Crippen molar-refractivity contribution in [3.8, 4) is 0 Å². The van der Waals surface area contributed by atoms with Gasteiger partial charge in [-0.1, -0.05) is 0 Å². The molecule has 0 aromatic carbocycles. The van der Waals surface area contributed by atoms with Crippen LogP contribution >= 0.6 is 0 Å². The number of H-pyrrole nitrogens is 2. The Bertz CT molecular complexity index is 377. The van der Waals surface area contributed by atoms with Crippen molar-refractivity contribution < 1.29 is 0 Å². The molecule has 84 valence electrons. The van der Waals surface area contributed by atoms with E-state index in [1.54, 1.807) is 12.7 Å². The summed E-state index contributed by atoms with van der Waals surface area (Å²) in [6, 6.07) is 0.364. The summed E-state index contributed by atoms with van der Waals surface area (Å²) in [6.07, 6.45) is 11.0. The molecule has 0 amide bonds. The van der Waals surface area contributed by atoms with Crippen LogP contribution in [0.3, 0.4) is 0 Å². The molecule has 16 heavy (non-hydrogen) atoms. The van der Waals surface area contributed by atoms with Crippen molar-refractivity contribution in [1.82, 2.24) is 19.9 Å². The molecule has 0 aliphatic carbocycles. The fraction of sp³-hybridized carbons (Fsp3) is 0.455. The lowest BCUT2D eigenvalue weighted by Gasteiger charge is -2.34. The van der Waals surface area contributed by atoms with Gasteiger partial charge in [0.15, 0.2) is 0 Å². The lowest BCUT2D eigenvalue weighted by molar-refractivity contribution is 0.463. The Morgan fingerprint density at radius 1 is 1.12 bits per heavy atom. The Kier molecular flexibility index (Phi) is 2.36. The first-order valence-corrected chi connectivity index (χ1v) is 5.69. The molecule has 1 fully saturated rings. The van der Waals surface area contributed by atoms with Crippen molar-refractivity contribution in [2.75, 3.05) is 11.4 Å². The second-order valence-corrected chi connectivity index (χ2v) is 4.13. The predicted molar refractivity (Wildman–Crippen MR) is 61.1 cm³/mol. The minimum Gasteiger partial charge on any atom is -0.351 e. The van der Waals surface area contributed by atoms with E-state index >= 15 is 0 Å². The zero-order valence-corrected chi connectivity index (χ0v) is 9.06. The van der Waals surface area contributed by atoms with Gasteiger partial charge in [-0.2, -0.15) is 0 Å². The number of aromatic nitrogens is 4. The normalized spacial score (nSPS) is 21.2. The van der Waals surface area contributed by atoms with Gasteiger partial charge < -0.3 is 14.9 Å². The van der Waals surface area contributed by atoms with Crippen molar-refractivity contribution in [2.24, 2.45) is 0 Å². The molecule has 0 spiro atoms. The molecule has 0 bridgehead atoms. The third-order valence-corrected chi connectivity index (χ3v) is 3.14. The van der Waals surface area contributed by atoms with Crippen molar-refractivity contribution in [3.05, 3.63) is 30.7 Å². The molecule has 2 aromatic heterocycles. The quantitative estimate of drug-likeness (QED) is 0.807. The van der Waals surface area contributed by atoms with Gasteiger partial charge in [0, 0.05) is 18.9 Å². The summed E-state index contributed by atoms with van der Waals surface area (Å²) in [6.45, 7) is 1.06. The average molecular weight is 217 g/mol. The Morgan fingerprint density at radius 2 is 2.00 bits per heavy atom. The highest BCUT2D eigenvalue weighted by Crippen LogP contribution is 2.32. The fourth-order valence-corrected chi connectivity index (χ4v) is 2.38. The van der Waals surface area contributed by atoms with Gasteiger partial charge in [-0.3, -0.25) is 0 Å². The topological polar surface area (TPSA) is 60.6 Å². The number of nitrogens with zero attached hydrogens (tertiary/aromatic N) is 3. The second-order valence-electron chi connectivity index (χ2n) is 4.13. The predicted octanol–water partition coefficient (Wildman–Crippen LogP) is 1.86. The third kappa shape index (κ3) is 1.58. The van der Waals surface area contributed by atoms with Crippen molar-refractivity contribution >= 4 is 5.82 Å². The number of anilines is 1. The first kappa shape index (κ1) is 9.45. The van der Waals surface area contributed by atoms with Crippen LogP contribution in [0, 0.1) is 0 Å². The van der Waals surface area contributed by atoms with E-state index in [4.69, 9.17) is 0 Å². The van der Waals surface area contributed by atoms with E-state index < -0.39 is 0 Å². The molecule has 3 rings (SSSR count). The maximum absolute atomic E-state index is 4.36. The van der Waals surface area contributed by atoms with E-state index in [0.29, 0.717) is 6.04 Å². The van der Waals surface area contributed by atoms with Gasteiger partial charge in [-0.05, 0) is 19.3 Å². The lowest BCUT2D eigenvalue weighted by Crippen LogP contribution is -2.33. The van der Waals surface area contributed by atoms with E-state index in [2.05, 4.69) is 24.8 Å². The Morgan fingerprint density at radius 3 is 2.75 bits per heavy atom. The molecule has 0 saturated carbocycles. The number of hydrogen-bond donors (Lipinski definition) is 2. The molecular formula is C11H15N5. The summed E-state index contributed by atoms with van der Waals surface area (Å²) in [7, 11) is 0. The first-order chi connectivity index (χ1) is 7.95. The van der Waals surface area contributed by atoms with Gasteiger partial charge in [0.1, 0.15) is 5.82 Å². The molecule has 2 aromatic rings. The third-order valence-electron chi connectivity index (χ3n) is 3.14. The minimum absolute atomic E-state index is 0.364. The van der Waals surface area contributed by atoms with Gasteiger partial charge >= 0.3 is 0 Å². The van der Waals surface area contributed by atoms with E-state index in [9.17, 15) is 0 Å². The highest BCUT2D eigenvalue weighted by atomic mass is 15.2. The van der Waals surface area contributed by atoms with Crippen LogP contribution in [-0.2, 0) is 0 Å². The van der Waals surface area contributed by atoms with E-state index in [0.717, 1.165) is 24.5 Å². The Balaban J connectivity index is 1.90. The van der Waals surface area contributed by atoms with E-state index in [-0.39, 0.29) is 0 Å². The zero-order chi connectivity index (χ0) is 10.8. The number of piperidine rings is 1. The first-order valence-electron chi connectivity index (χ1n) is 5.69. The van der Waals surface area contributed by atoms with Gasteiger partial charge in [0.25, 0.3) is 0 Å². The molecule has 1 atom stereocenters. The van der Waals surface area contributed by atoms with Gasteiger partial charge in [0.05, 0.1) is 24.4 Å².